The van der Waals surface area contributed by atoms with Gasteiger partial charge in [0.05, 0.1) is 11.0 Å². The number of carbonyl (C=O) groups excluding carboxylic acids is 1. The van der Waals surface area contributed by atoms with Crippen molar-refractivity contribution in [2.75, 3.05) is 13.1 Å². The van der Waals surface area contributed by atoms with Crippen LogP contribution in [-0.4, -0.2) is 33.4 Å². The van der Waals surface area contributed by atoms with Crippen LogP contribution in [0, 0.1) is 11.7 Å². The maximum Gasteiger partial charge on any atom is 0.449 e. The number of carbonyl (C=O) groups is 1. The van der Waals surface area contributed by atoms with Crippen molar-refractivity contribution in [3.63, 3.8) is 0 Å². The van der Waals surface area contributed by atoms with Gasteiger partial charge in [0.25, 0.3) is 5.91 Å². The third-order valence-corrected chi connectivity index (χ3v) is 5.34. The highest BCUT2D eigenvalue weighted by Crippen LogP contribution is 2.33. The van der Waals surface area contributed by atoms with Crippen LogP contribution in [-0.2, 0) is 12.7 Å². The molecular weight excluding hydrogens is 386 g/mol. The fourth-order valence-corrected chi connectivity index (χ4v) is 3.83. The third-order valence-electron chi connectivity index (χ3n) is 5.34. The van der Waals surface area contributed by atoms with E-state index in [0.717, 1.165) is 0 Å². The van der Waals surface area contributed by atoms with Gasteiger partial charge in [-0.3, -0.25) is 4.79 Å². The Morgan fingerprint density at radius 2 is 1.69 bits per heavy atom. The molecule has 1 fully saturated rings. The number of halogens is 4. The van der Waals surface area contributed by atoms with Gasteiger partial charge < -0.3 is 9.47 Å². The summed E-state index contributed by atoms with van der Waals surface area (Å²) < 4.78 is 54.7. The number of imidazole rings is 1. The summed E-state index contributed by atoms with van der Waals surface area (Å²) in [5, 5.41) is 0. The highest BCUT2D eigenvalue weighted by Gasteiger charge is 2.38. The minimum atomic E-state index is -4.53. The van der Waals surface area contributed by atoms with Crippen LogP contribution < -0.4 is 0 Å². The van der Waals surface area contributed by atoms with E-state index >= 15 is 0 Å². The molecule has 4 nitrogen and oxygen atoms in total. The lowest BCUT2D eigenvalue weighted by Gasteiger charge is -2.32. The second kappa shape index (κ2) is 7.50. The molecule has 1 saturated heterocycles. The highest BCUT2D eigenvalue weighted by molar-refractivity contribution is 5.94. The van der Waals surface area contributed by atoms with Crippen LogP contribution in [0.4, 0.5) is 17.6 Å². The monoisotopic (exact) mass is 405 g/mol. The zero-order chi connectivity index (χ0) is 20.6. The van der Waals surface area contributed by atoms with Gasteiger partial charge in [-0.25, -0.2) is 9.37 Å². The van der Waals surface area contributed by atoms with Crippen LogP contribution in [0.5, 0.6) is 0 Å². The van der Waals surface area contributed by atoms with Crippen molar-refractivity contribution in [3.8, 4) is 0 Å². The number of amides is 1. The number of alkyl halides is 3. The number of benzene rings is 2. The number of piperidine rings is 1. The average molecular weight is 405 g/mol. The van der Waals surface area contributed by atoms with E-state index < -0.39 is 17.8 Å². The molecule has 8 heteroatoms. The van der Waals surface area contributed by atoms with Crippen molar-refractivity contribution < 1.29 is 22.4 Å². The molecule has 2 aromatic carbocycles. The first-order valence-electron chi connectivity index (χ1n) is 9.40. The largest absolute Gasteiger partial charge is 0.449 e. The van der Waals surface area contributed by atoms with Crippen molar-refractivity contribution in [2.24, 2.45) is 5.92 Å². The van der Waals surface area contributed by atoms with Crippen LogP contribution in [0.1, 0.15) is 29.0 Å². The second-order valence-electron chi connectivity index (χ2n) is 7.27. The summed E-state index contributed by atoms with van der Waals surface area (Å²) in [4.78, 5) is 18.0. The van der Waals surface area contributed by atoms with Crippen LogP contribution in [0.25, 0.3) is 11.0 Å². The van der Waals surface area contributed by atoms with Crippen molar-refractivity contribution in [1.82, 2.24) is 14.5 Å². The average Bonchev–Trinajstić information content (AvgIpc) is 3.08. The molecule has 152 valence electrons. The Hall–Kier alpha value is -2.90. The summed E-state index contributed by atoms with van der Waals surface area (Å²) in [6, 6.07) is 11.9. The predicted octanol–water partition coefficient (Wildman–Crippen LogP) is 4.75. The molecule has 2 heterocycles. The first-order valence-corrected chi connectivity index (χ1v) is 9.40. The lowest BCUT2D eigenvalue weighted by molar-refractivity contribution is -0.147. The van der Waals surface area contributed by atoms with Crippen molar-refractivity contribution in [3.05, 3.63) is 65.7 Å². The summed E-state index contributed by atoms with van der Waals surface area (Å²) in [7, 11) is 0. The summed E-state index contributed by atoms with van der Waals surface area (Å²) in [5.74, 6) is -1.48. The Bertz CT molecular complexity index is 1020. The first-order chi connectivity index (χ1) is 13.8. The lowest BCUT2D eigenvalue weighted by atomic mass is 9.96. The van der Waals surface area contributed by atoms with E-state index in [1.54, 1.807) is 29.2 Å². The molecule has 0 saturated carbocycles. The second-order valence-corrected chi connectivity index (χ2v) is 7.27. The molecule has 4 rings (SSSR count). The molecule has 0 spiro atoms. The van der Waals surface area contributed by atoms with Gasteiger partial charge in [0.2, 0.25) is 5.82 Å². The molecule has 29 heavy (non-hydrogen) atoms. The van der Waals surface area contributed by atoms with Gasteiger partial charge in [-0.15, -0.1) is 0 Å². The fourth-order valence-electron chi connectivity index (χ4n) is 3.83. The lowest BCUT2D eigenvalue weighted by Crippen LogP contribution is -2.39. The smallest absolute Gasteiger partial charge is 0.339 e. The van der Waals surface area contributed by atoms with Crippen molar-refractivity contribution in [1.29, 1.82) is 0 Å². The quantitative estimate of drug-likeness (QED) is 0.590. The summed E-state index contributed by atoms with van der Waals surface area (Å²) in [5.41, 5.74) is 1.19. The molecule has 1 aliphatic heterocycles. The molecule has 0 N–H and O–H groups in total. The Morgan fingerprint density at radius 1 is 1.03 bits per heavy atom. The van der Waals surface area contributed by atoms with Gasteiger partial charge in [-0.05, 0) is 55.2 Å². The van der Waals surface area contributed by atoms with Gasteiger partial charge in [0.15, 0.2) is 0 Å². The van der Waals surface area contributed by atoms with Gasteiger partial charge in [-0.1, -0.05) is 12.1 Å². The molecule has 0 radical (unpaired) electrons. The number of hydrogen-bond acceptors (Lipinski definition) is 2. The molecule has 0 bridgehead atoms. The van der Waals surface area contributed by atoms with E-state index in [4.69, 9.17) is 0 Å². The van der Waals surface area contributed by atoms with Crippen molar-refractivity contribution in [2.45, 2.75) is 25.6 Å². The maximum absolute atomic E-state index is 13.5. The fraction of sp³-hybridized carbons (Fsp3) is 0.333. The van der Waals surface area contributed by atoms with Gasteiger partial charge in [-0.2, -0.15) is 13.2 Å². The molecule has 1 aromatic heterocycles. The number of fused-ring (bicyclic) bond motifs is 1. The van der Waals surface area contributed by atoms with E-state index in [0.29, 0.717) is 42.5 Å². The Morgan fingerprint density at radius 3 is 2.34 bits per heavy atom. The Kier molecular flexibility index (Phi) is 5.02. The number of nitrogens with zero attached hydrogens (tertiary/aromatic N) is 3. The van der Waals surface area contributed by atoms with E-state index in [9.17, 15) is 22.4 Å². The molecule has 3 aromatic rings. The standard InChI is InChI=1S/C21H19F4N3O/c22-16-7-5-15(6-8-16)19(29)27-11-9-14(10-12-27)13-28-18-4-2-1-3-17(18)26-20(28)21(23,24)25/h1-8,14H,9-13H2. The Balaban J connectivity index is 1.48. The summed E-state index contributed by atoms with van der Waals surface area (Å²) >= 11 is 0. The number of aromatic nitrogens is 2. The van der Waals surface area contributed by atoms with Gasteiger partial charge in [0.1, 0.15) is 5.82 Å². The Labute approximate surface area is 164 Å². The molecule has 1 amide bonds. The SMILES string of the molecule is O=C(c1ccc(F)cc1)N1CCC(Cn2c(C(F)(F)F)nc3ccccc32)CC1. The van der Waals surface area contributed by atoms with Crippen LogP contribution in [0.2, 0.25) is 0 Å². The van der Waals surface area contributed by atoms with E-state index in [-0.39, 0.29) is 18.4 Å². The summed E-state index contributed by atoms with van der Waals surface area (Å²) in [6.45, 7) is 1.11. The van der Waals surface area contributed by atoms with E-state index in [1.807, 2.05) is 0 Å². The number of hydrogen-bond donors (Lipinski definition) is 0. The van der Waals surface area contributed by atoms with Crippen molar-refractivity contribution >= 4 is 16.9 Å². The predicted molar refractivity (Wildman–Crippen MR) is 99.8 cm³/mol. The number of para-hydroxylation sites is 2. The normalized spacial score (nSPS) is 15.8. The molecule has 0 aliphatic carbocycles. The molecule has 0 atom stereocenters. The number of rotatable bonds is 3. The zero-order valence-electron chi connectivity index (χ0n) is 15.5. The number of likely N-dealkylation sites (tertiary alicyclic amines) is 1. The van der Waals surface area contributed by atoms with Crippen LogP contribution in [0.3, 0.4) is 0 Å². The van der Waals surface area contributed by atoms with Crippen LogP contribution >= 0.6 is 0 Å². The highest BCUT2D eigenvalue weighted by atomic mass is 19.4. The zero-order valence-corrected chi connectivity index (χ0v) is 15.5. The molecule has 0 unspecified atom stereocenters. The van der Waals surface area contributed by atoms with Gasteiger partial charge in [0, 0.05) is 25.2 Å². The minimum absolute atomic E-state index is 0.00553. The summed E-state index contributed by atoms with van der Waals surface area (Å²) in [6.07, 6.45) is -3.34. The molecule has 1 aliphatic rings. The van der Waals surface area contributed by atoms with E-state index in [2.05, 4.69) is 4.98 Å². The maximum atomic E-state index is 13.5. The topological polar surface area (TPSA) is 38.1 Å². The van der Waals surface area contributed by atoms with Gasteiger partial charge >= 0.3 is 6.18 Å². The van der Waals surface area contributed by atoms with Crippen LogP contribution in [0.15, 0.2) is 48.5 Å². The van der Waals surface area contributed by atoms with E-state index in [1.165, 1.54) is 28.8 Å². The first kappa shape index (κ1) is 19.4. The minimum Gasteiger partial charge on any atom is -0.339 e. The third kappa shape index (κ3) is 3.97. The molecular formula is C21H19F4N3O.